The highest BCUT2D eigenvalue weighted by Gasteiger charge is 2.92. The molecule has 41 heavy (non-hydrogen) atoms. The number of Topliss-reactive ketones (excluding diaryl/α,β-unsaturated/α-hetero) is 1. The molecule has 224 valence electrons. The molecule has 2 bridgehead atoms. The zero-order valence-corrected chi connectivity index (χ0v) is 23.9. The SMILES string of the molecule is CC(=O)O[C@@H]1C[C@H](O)[C@@]23CO[C@@H](O)C1(C)[C@@H]2CC(O)[C@]1(C)[C@@H]3C(=O)[C@H](OC(C)=O)[C@@]2(C)[C@H](c3ccoc3)C[C@H]3O[C@]321. The zero-order chi connectivity index (χ0) is 29.5. The Morgan fingerprint density at radius 1 is 0.976 bits per heavy atom. The number of carbonyl (C=O) groups is 3. The Hall–Kier alpha value is -2.31. The van der Waals surface area contributed by atoms with E-state index >= 15 is 4.79 Å². The summed E-state index contributed by atoms with van der Waals surface area (Å²) in [7, 11) is 0. The third-order valence-electron chi connectivity index (χ3n) is 12.6. The van der Waals surface area contributed by atoms with Crippen molar-refractivity contribution in [1.29, 1.82) is 0 Å². The van der Waals surface area contributed by atoms with E-state index in [2.05, 4.69) is 0 Å². The highest BCUT2D eigenvalue weighted by atomic mass is 16.6. The Morgan fingerprint density at radius 3 is 2.32 bits per heavy atom. The smallest absolute Gasteiger partial charge is 0.303 e. The van der Waals surface area contributed by atoms with Crippen LogP contribution in [0.5, 0.6) is 0 Å². The largest absolute Gasteiger partial charge is 0.472 e. The first-order valence-corrected chi connectivity index (χ1v) is 14.5. The summed E-state index contributed by atoms with van der Waals surface area (Å²) in [4.78, 5) is 39.7. The minimum atomic E-state index is -1.36. The number of hydrogen-bond donors (Lipinski definition) is 3. The molecule has 11 heteroatoms. The molecule has 0 amide bonds. The van der Waals surface area contributed by atoms with Crippen LogP contribution in [-0.2, 0) is 33.3 Å². The summed E-state index contributed by atoms with van der Waals surface area (Å²) in [6.45, 7) is 7.85. The Bertz CT molecular complexity index is 1310. The van der Waals surface area contributed by atoms with Gasteiger partial charge in [0.15, 0.2) is 18.2 Å². The van der Waals surface area contributed by atoms with Gasteiger partial charge in [-0.25, -0.2) is 0 Å². The summed E-state index contributed by atoms with van der Waals surface area (Å²) >= 11 is 0. The average molecular weight is 575 g/mol. The highest BCUT2D eigenvalue weighted by molar-refractivity contribution is 5.93. The monoisotopic (exact) mass is 574 g/mol. The minimum Gasteiger partial charge on any atom is -0.472 e. The maximum atomic E-state index is 15.0. The number of rotatable bonds is 3. The second-order valence-corrected chi connectivity index (χ2v) is 13.9. The van der Waals surface area contributed by atoms with Crippen LogP contribution in [0.15, 0.2) is 23.0 Å². The Morgan fingerprint density at radius 2 is 1.68 bits per heavy atom. The first-order valence-electron chi connectivity index (χ1n) is 14.5. The number of esters is 2. The van der Waals surface area contributed by atoms with Crippen molar-refractivity contribution >= 4 is 17.7 Å². The number of epoxide rings is 1. The van der Waals surface area contributed by atoms with E-state index < -0.39 is 87.5 Å². The van der Waals surface area contributed by atoms with Crippen molar-refractivity contribution < 1.29 is 53.1 Å². The van der Waals surface area contributed by atoms with Gasteiger partial charge >= 0.3 is 11.9 Å². The topological polar surface area (TPSA) is 165 Å². The lowest BCUT2D eigenvalue weighted by Crippen LogP contribution is -2.82. The van der Waals surface area contributed by atoms with Crippen molar-refractivity contribution in [2.24, 2.45) is 33.5 Å². The molecular weight excluding hydrogens is 536 g/mol. The second-order valence-electron chi connectivity index (χ2n) is 13.9. The lowest BCUT2D eigenvalue weighted by atomic mass is 9.33. The van der Waals surface area contributed by atoms with Gasteiger partial charge in [0, 0.05) is 42.9 Å². The molecule has 0 aromatic carbocycles. The highest BCUT2D eigenvalue weighted by Crippen LogP contribution is 2.82. The van der Waals surface area contributed by atoms with E-state index in [1.165, 1.54) is 13.8 Å². The van der Waals surface area contributed by atoms with Crippen LogP contribution >= 0.6 is 0 Å². The summed E-state index contributed by atoms with van der Waals surface area (Å²) in [6, 6.07) is 1.84. The van der Waals surface area contributed by atoms with E-state index in [-0.39, 0.29) is 31.5 Å². The second kappa shape index (κ2) is 8.19. The number of carbonyl (C=O) groups excluding carboxylic acids is 3. The van der Waals surface area contributed by atoms with Crippen LogP contribution in [0, 0.1) is 33.5 Å². The molecule has 1 spiro atoms. The van der Waals surface area contributed by atoms with Crippen LogP contribution in [0.2, 0.25) is 0 Å². The molecule has 11 nitrogen and oxygen atoms in total. The van der Waals surface area contributed by atoms with Crippen molar-refractivity contribution in [3.8, 4) is 0 Å². The van der Waals surface area contributed by atoms with E-state index in [9.17, 15) is 24.9 Å². The average Bonchev–Trinajstić information content (AvgIpc) is 3.26. The molecule has 2 unspecified atom stereocenters. The van der Waals surface area contributed by atoms with Crippen molar-refractivity contribution in [3.63, 3.8) is 0 Å². The van der Waals surface area contributed by atoms with Crippen molar-refractivity contribution in [2.75, 3.05) is 6.61 Å². The molecule has 14 atom stereocenters. The molecule has 2 aliphatic heterocycles. The van der Waals surface area contributed by atoms with Crippen molar-refractivity contribution in [3.05, 3.63) is 24.2 Å². The van der Waals surface area contributed by atoms with Gasteiger partial charge in [-0.05, 0) is 30.4 Å². The molecule has 1 aromatic rings. The number of hydrogen-bond acceptors (Lipinski definition) is 11. The molecule has 6 fully saturated rings. The fourth-order valence-electron chi connectivity index (χ4n) is 11.0. The third kappa shape index (κ3) is 2.85. The molecule has 2 saturated heterocycles. The van der Waals surface area contributed by atoms with Gasteiger partial charge in [0.25, 0.3) is 0 Å². The van der Waals surface area contributed by atoms with Gasteiger partial charge in [-0.1, -0.05) is 20.8 Å². The van der Waals surface area contributed by atoms with Crippen molar-refractivity contribution in [1.82, 2.24) is 0 Å². The molecule has 0 radical (unpaired) electrons. The number of furan rings is 1. The Labute approximate surface area is 237 Å². The quantitative estimate of drug-likeness (QED) is 0.354. The van der Waals surface area contributed by atoms with Crippen LogP contribution in [0.25, 0.3) is 0 Å². The van der Waals surface area contributed by atoms with E-state index in [1.807, 2.05) is 19.9 Å². The van der Waals surface area contributed by atoms with Gasteiger partial charge in [0.05, 0.1) is 48.3 Å². The summed E-state index contributed by atoms with van der Waals surface area (Å²) in [5, 5.41) is 35.4. The molecule has 4 aliphatic carbocycles. The molecule has 1 aromatic heterocycles. The summed E-state index contributed by atoms with van der Waals surface area (Å²) < 4.78 is 29.5. The molecule has 7 rings (SSSR count). The lowest BCUT2D eigenvalue weighted by molar-refractivity contribution is -0.373. The van der Waals surface area contributed by atoms with Crippen LogP contribution < -0.4 is 0 Å². The number of ether oxygens (including phenoxy) is 4. The molecule has 3 heterocycles. The Kier molecular flexibility index (Phi) is 5.50. The molecular formula is C30H38O11. The van der Waals surface area contributed by atoms with Crippen molar-refractivity contribution in [2.45, 2.75) is 102 Å². The zero-order valence-electron chi connectivity index (χ0n) is 23.9. The fourth-order valence-corrected chi connectivity index (χ4v) is 11.0. The fraction of sp³-hybridized carbons (Fsp3) is 0.767. The number of fused-ring (bicyclic) bond motifs is 1. The molecule has 6 aliphatic rings. The van der Waals surface area contributed by atoms with Crippen LogP contribution in [0.3, 0.4) is 0 Å². The summed E-state index contributed by atoms with van der Waals surface area (Å²) in [5.74, 6) is -3.56. The summed E-state index contributed by atoms with van der Waals surface area (Å²) in [5.41, 5.74) is -4.93. The van der Waals surface area contributed by atoms with Gasteiger partial charge in [-0.3, -0.25) is 14.4 Å². The van der Waals surface area contributed by atoms with Gasteiger partial charge < -0.3 is 38.7 Å². The number of aliphatic hydroxyl groups is 3. The van der Waals surface area contributed by atoms with Crippen LogP contribution in [0.1, 0.15) is 65.4 Å². The first kappa shape index (κ1) is 27.5. The third-order valence-corrected chi connectivity index (χ3v) is 12.6. The maximum absolute atomic E-state index is 15.0. The molecule has 4 saturated carbocycles. The van der Waals surface area contributed by atoms with E-state index in [0.717, 1.165) is 5.56 Å². The normalized spacial score (nSPS) is 54.7. The predicted octanol–water partition coefficient (Wildman–Crippen LogP) is 1.47. The van der Waals surface area contributed by atoms with Gasteiger partial charge in [-0.2, -0.15) is 0 Å². The predicted molar refractivity (Wildman–Crippen MR) is 137 cm³/mol. The van der Waals surface area contributed by atoms with Gasteiger partial charge in [-0.15, -0.1) is 0 Å². The number of aliphatic hydroxyl groups excluding tert-OH is 3. The standard InChI is InChI=1S/C30H38O11/c1-13(31)39-20-10-19(34)29-12-38-25(36)26(20,3)17(29)9-18(33)28(5)23(29)22(35)24(40-14(2)32)27(4)16(15-6-7-37-11-15)8-21-30(27,28)41-21/h6-7,11,16-21,23-25,33-34,36H,8-10,12H2,1-5H3/t16-,17-,18?,19-,20+,21+,23-,24-,25+,26?,27+,28+,29+,30+/m0/s1. The van der Waals surface area contributed by atoms with E-state index in [0.29, 0.717) is 6.42 Å². The van der Waals surface area contributed by atoms with Crippen LogP contribution in [0.4, 0.5) is 0 Å². The van der Waals surface area contributed by atoms with Gasteiger partial charge in [0.1, 0.15) is 11.7 Å². The maximum Gasteiger partial charge on any atom is 0.303 e. The Balaban J connectivity index is 1.44. The minimum absolute atomic E-state index is 0.0205. The summed E-state index contributed by atoms with van der Waals surface area (Å²) in [6.07, 6.45) is -2.27. The lowest BCUT2D eigenvalue weighted by Gasteiger charge is -2.73. The van der Waals surface area contributed by atoms with E-state index in [1.54, 1.807) is 19.5 Å². The van der Waals surface area contributed by atoms with Crippen LogP contribution in [-0.4, -0.2) is 82.1 Å². The molecule has 3 N–H and O–H groups in total. The van der Waals surface area contributed by atoms with Gasteiger partial charge in [0.2, 0.25) is 0 Å². The first-order chi connectivity index (χ1) is 19.2. The van der Waals surface area contributed by atoms with E-state index in [4.69, 9.17) is 23.4 Å². The number of ketones is 1.